The number of carbonyl (C=O) groups excluding carboxylic acids is 3. The highest BCUT2D eigenvalue weighted by molar-refractivity contribution is 6.05. The molecule has 0 spiro atoms. The number of aromatic hydroxyl groups is 1. The first kappa shape index (κ1) is 36.7. The van der Waals surface area contributed by atoms with Crippen molar-refractivity contribution in [1.82, 2.24) is 30.3 Å². The molecular weight excluding hydrogens is 743 g/mol. The molecule has 0 bridgehead atoms. The number of phenolic OH excluding ortho intramolecular Hbond substituents is 1. The highest BCUT2D eigenvalue weighted by Gasteiger charge is 2.56. The normalized spacial score (nSPS) is 23.3. The zero-order chi connectivity index (χ0) is 39.6. The predicted molar refractivity (Wildman–Crippen MR) is 202 cm³/mol. The summed E-state index contributed by atoms with van der Waals surface area (Å²) < 4.78 is 50.5. The van der Waals surface area contributed by atoms with Gasteiger partial charge in [0.15, 0.2) is 17.4 Å². The summed E-state index contributed by atoms with van der Waals surface area (Å²) in [7, 11) is 0. The number of imide groups is 1. The molecule has 5 aliphatic heterocycles. The molecule has 57 heavy (non-hydrogen) atoms. The number of hydrogen-bond acceptors (Lipinski definition) is 12. The van der Waals surface area contributed by atoms with E-state index in [4.69, 9.17) is 9.72 Å². The number of rotatable bonds is 8. The van der Waals surface area contributed by atoms with E-state index in [1.807, 2.05) is 31.2 Å². The first-order valence-electron chi connectivity index (χ1n) is 19.0. The van der Waals surface area contributed by atoms with Crippen LogP contribution in [0.5, 0.6) is 11.6 Å². The molecule has 3 amide bonds. The summed E-state index contributed by atoms with van der Waals surface area (Å²) >= 11 is 0. The van der Waals surface area contributed by atoms with Crippen molar-refractivity contribution in [1.29, 1.82) is 0 Å². The molecule has 3 N–H and O–H groups in total. The highest BCUT2D eigenvalue weighted by atomic mass is 19.3. The second-order valence-corrected chi connectivity index (χ2v) is 15.3. The van der Waals surface area contributed by atoms with Crippen LogP contribution in [0.15, 0.2) is 54.6 Å². The van der Waals surface area contributed by atoms with Crippen LogP contribution in [0.1, 0.15) is 46.4 Å². The number of nitrogens with one attached hydrogen (secondary N) is 2. The summed E-state index contributed by atoms with van der Waals surface area (Å²) in [6.07, 6.45) is -2.84. The second-order valence-electron chi connectivity index (χ2n) is 15.3. The van der Waals surface area contributed by atoms with Crippen molar-refractivity contribution in [3.05, 3.63) is 82.8 Å². The van der Waals surface area contributed by atoms with Crippen molar-refractivity contribution in [3.8, 4) is 22.9 Å². The SMILES string of the molecule is Cc1ccc(O[C@H]2CN3c4cc(-c5cccc(F)c5O)nnc4NC[C@@]3(C(F)F)C2)nc1CN1CCN(c2ccc3c(c2)C(=O)N([C@H]2CCC(=O)NC2=O)C3)CC1. The number of hydrogen-bond donors (Lipinski definition) is 3. The highest BCUT2D eigenvalue weighted by Crippen LogP contribution is 2.46. The Morgan fingerprint density at radius 1 is 1.02 bits per heavy atom. The maximum absolute atomic E-state index is 15.0. The largest absolute Gasteiger partial charge is 0.504 e. The molecule has 14 nitrogen and oxygen atoms in total. The first-order valence-corrected chi connectivity index (χ1v) is 19.0. The number of carbonyl (C=O) groups is 3. The van der Waals surface area contributed by atoms with Crippen LogP contribution in [0.2, 0.25) is 0 Å². The Hall–Kier alpha value is -5.97. The van der Waals surface area contributed by atoms with Crippen LogP contribution in [0.4, 0.5) is 30.4 Å². The van der Waals surface area contributed by atoms with Crippen molar-refractivity contribution < 1.29 is 37.4 Å². The summed E-state index contributed by atoms with van der Waals surface area (Å²) in [4.78, 5) is 50.0. The van der Waals surface area contributed by atoms with Crippen molar-refractivity contribution in [3.63, 3.8) is 0 Å². The minimum absolute atomic E-state index is 0.00999. The number of aromatic nitrogens is 3. The molecule has 5 aliphatic rings. The molecule has 3 saturated heterocycles. The Labute approximate surface area is 325 Å². The van der Waals surface area contributed by atoms with Crippen LogP contribution in [0.25, 0.3) is 11.3 Å². The van der Waals surface area contributed by atoms with Gasteiger partial charge in [0.25, 0.3) is 12.3 Å². The molecule has 17 heteroatoms. The lowest BCUT2D eigenvalue weighted by Crippen LogP contribution is -2.57. The van der Waals surface area contributed by atoms with Crippen LogP contribution in [0.3, 0.4) is 0 Å². The molecule has 4 aromatic rings. The number of piperazine rings is 1. The number of alkyl halides is 2. The number of phenols is 1. The average molecular weight is 784 g/mol. The van der Waals surface area contributed by atoms with E-state index in [1.54, 1.807) is 15.9 Å². The van der Waals surface area contributed by atoms with Gasteiger partial charge in [-0.1, -0.05) is 18.2 Å². The fourth-order valence-corrected chi connectivity index (χ4v) is 8.69. The minimum Gasteiger partial charge on any atom is -0.504 e. The van der Waals surface area contributed by atoms with Gasteiger partial charge in [0.1, 0.15) is 17.7 Å². The predicted octanol–water partition coefficient (Wildman–Crippen LogP) is 3.86. The van der Waals surface area contributed by atoms with Gasteiger partial charge in [-0.25, -0.2) is 18.2 Å². The summed E-state index contributed by atoms with van der Waals surface area (Å²) in [6.45, 7) is 5.80. The molecule has 296 valence electrons. The van der Waals surface area contributed by atoms with Crippen molar-refractivity contribution in [2.45, 2.75) is 63.4 Å². The number of pyridine rings is 1. The van der Waals surface area contributed by atoms with Crippen molar-refractivity contribution in [2.75, 3.05) is 54.4 Å². The number of para-hydroxylation sites is 1. The fraction of sp³-hybridized carbons (Fsp3) is 0.400. The molecule has 0 unspecified atom stereocenters. The number of benzene rings is 2. The number of fused-ring (bicyclic) bond motifs is 4. The monoisotopic (exact) mass is 783 g/mol. The maximum Gasteiger partial charge on any atom is 0.263 e. The number of halogens is 3. The number of amides is 3. The Balaban J connectivity index is 0.851. The summed E-state index contributed by atoms with van der Waals surface area (Å²) in [6, 6.07) is 14.4. The lowest BCUT2D eigenvalue weighted by molar-refractivity contribution is -0.136. The van der Waals surface area contributed by atoms with E-state index in [2.05, 4.69) is 30.6 Å². The molecule has 2 aromatic heterocycles. The van der Waals surface area contributed by atoms with E-state index in [0.717, 1.165) is 41.7 Å². The van der Waals surface area contributed by atoms with Gasteiger partial charge in [-0.15, -0.1) is 10.2 Å². The summed E-state index contributed by atoms with van der Waals surface area (Å²) in [5, 5.41) is 24.0. The molecule has 2 aromatic carbocycles. The number of nitrogens with zero attached hydrogens (tertiary/aromatic N) is 7. The molecule has 9 rings (SSSR count). The van der Waals surface area contributed by atoms with Gasteiger partial charge in [0.2, 0.25) is 17.7 Å². The van der Waals surface area contributed by atoms with Crippen LogP contribution in [-0.4, -0.2) is 111 Å². The third-order valence-electron chi connectivity index (χ3n) is 11.9. The summed E-state index contributed by atoms with van der Waals surface area (Å²) in [5.74, 6) is -1.73. The van der Waals surface area contributed by atoms with Crippen molar-refractivity contribution >= 4 is 34.9 Å². The molecule has 0 saturated carbocycles. The molecule has 7 heterocycles. The number of ether oxygens (including phenoxy) is 1. The lowest BCUT2D eigenvalue weighted by atomic mass is 9.93. The smallest absolute Gasteiger partial charge is 0.263 e. The van der Waals surface area contributed by atoms with Crippen LogP contribution in [-0.2, 0) is 22.7 Å². The standard InChI is InChI=1S/C40H40F3N9O5/c1-22-5-10-34(57-25-17-40(39(42)43)21-44-36-32(52(40)19-25)16-29(47-48-36)26-3-2-4-28(41)35(26)54)45-30(22)20-49-11-13-50(14-12-49)24-7-6-23-18-51(38(56)27(23)15-24)31-8-9-33(53)46-37(31)55/h2-7,10,15-16,25,31,39,54H,8-9,11-14,17-21H2,1H3,(H,44,48)(H,46,53,55)/t25-,31+,40-/m1/s1. The van der Waals surface area contributed by atoms with Crippen LogP contribution in [0, 0.1) is 12.7 Å². The second kappa shape index (κ2) is 14.2. The van der Waals surface area contributed by atoms with Gasteiger partial charge in [0, 0.05) is 81.5 Å². The van der Waals surface area contributed by atoms with Crippen molar-refractivity contribution in [2.24, 2.45) is 0 Å². The molecule has 3 fully saturated rings. The van der Waals surface area contributed by atoms with Gasteiger partial charge in [0.05, 0.1) is 23.6 Å². The van der Waals surface area contributed by atoms with E-state index in [-0.39, 0.29) is 49.0 Å². The van der Waals surface area contributed by atoms with E-state index < -0.39 is 41.6 Å². The Kier molecular flexibility index (Phi) is 9.13. The Bertz CT molecular complexity index is 2290. The number of anilines is 3. The maximum atomic E-state index is 15.0. The van der Waals surface area contributed by atoms with E-state index in [1.165, 1.54) is 18.2 Å². The quantitative estimate of drug-likeness (QED) is 0.222. The third-order valence-corrected chi connectivity index (χ3v) is 11.9. The van der Waals surface area contributed by atoms with Gasteiger partial charge in [-0.3, -0.25) is 24.6 Å². The average Bonchev–Trinajstić information content (AvgIpc) is 3.75. The molecule has 3 atom stereocenters. The Morgan fingerprint density at radius 3 is 2.63 bits per heavy atom. The number of piperidine rings is 1. The Morgan fingerprint density at radius 2 is 1.84 bits per heavy atom. The fourth-order valence-electron chi connectivity index (χ4n) is 8.69. The van der Waals surface area contributed by atoms with Gasteiger partial charge in [-0.05, 0) is 54.8 Å². The zero-order valence-electron chi connectivity index (χ0n) is 31.1. The van der Waals surface area contributed by atoms with Gasteiger partial charge >= 0.3 is 0 Å². The van der Waals surface area contributed by atoms with Crippen LogP contribution >= 0.6 is 0 Å². The van der Waals surface area contributed by atoms with E-state index in [0.29, 0.717) is 55.5 Å². The van der Waals surface area contributed by atoms with Gasteiger partial charge in [-0.2, -0.15) is 0 Å². The van der Waals surface area contributed by atoms with E-state index in [9.17, 15) is 32.7 Å². The van der Waals surface area contributed by atoms with E-state index >= 15 is 0 Å². The molecule has 0 aliphatic carbocycles. The topological polar surface area (TPSA) is 156 Å². The number of aryl methyl sites for hydroxylation is 1. The molecular formula is C40H40F3N9O5. The van der Waals surface area contributed by atoms with Crippen LogP contribution < -0.4 is 25.2 Å². The third kappa shape index (κ3) is 6.52. The minimum atomic E-state index is -2.74. The zero-order valence-corrected chi connectivity index (χ0v) is 31.1. The first-order chi connectivity index (χ1) is 27.5. The van der Waals surface area contributed by atoms with Gasteiger partial charge < -0.3 is 29.9 Å². The molecule has 0 radical (unpaired) electrons. The summed E-state index contributed by atoms with van der Waals surface area (Å²) in [5.41, 5.74) is 3.17. The lowest BCUT2D eigenvalue weighted by Gasteiger charge is -2.43.